The fraction of sp³-hybridized carbons (Fsp3) is 0.650. The maximum absolute atomic E-state index is 12.6. The monoisotopic (exact) mass is 384 g/mol. The summed E-state index contributed by atoms with van der Waals surface area (Å²) in [6, 6.07) is 5.42. The zero-order valence-corrected chi connectivity index (χ0v) is 15.7. The molecule has 2 saturated heterocycles. The van der Waals surface area contributed by atoms with Crippen LogP contribution in [0.3, 0.4) is 0 Å². The normalized spacial score (nSPS) is 22.1. The molecule has 1 aromatic carbocycles. The Morgan fingerprint density at radius 1 is 1.19 bits per heavy atom. The SMILES string of the molecule is CN(CC1CCN(Cc2ccc(C(F)(F)F)cc2)CC1)C(=O)C1CCOC1. The lowest BCUT2D eigenvalue weighted by atomic mass is 9.95. The van der Waals surface area contributed by atoms with Gasteiger partial charge >= 0.3 is 6.18 Å². The quantitative estimate of drug-likeness (QED) is 0.780. The smallest absolute Gasteiger partial charge is 0.381 e. The molecule has 0 N–H and O–H groups in total. The predicted molar refractivity (Wildman–Crippen MR) is 96.0 cm³/mol. The highest BCUT2D eigenvalue weighted by Crippen LogP contribution is 2.29. The lowest BCUT2D eigenvalue weighted by Gasteiger charge is -2.34. The van der Waals surface area contributed by atoms with Crippen LogP contribution in [-0.2, 0) is 22.3 Å². The van der Waals surface area contributed by atoms with Crippen molar-refractivity contribution in [2.24, 2.45) is 11.8 Å². The minimum absolute atomic E-state index is 0.00904. The summed E-state index contributed by atoms with van der Waals surface area (Å²) in [7, 11) is 1.87. The van der Waals surface area contributed by atoms with Crippen molar-refractivity contribution in [2.75, 3.05) is 39.9 Å². The third-order valence-corrected chi connectivity index (χ3v) is 5.58. The molecule has 27 heavy (non-hydrogen) atoms. The van der Waals surface area contributed by atoms with Gasteiger partial charge in [0, 0.05) is 26.7 Å². The number of benzene rings is 1. The molecule has 7 heteroatoms. The molecule has 2 fully saturated rings. The second-order valence-corrected chi connectivity index (χ2v) is 7.69. The first-order valence-corrected chi connectivity index (χ1v) is 9.54. The minimum Gasteiger partial charge on any atom is -0.381 e. The van der Waals surface area contributed by atoms with Crippen molar-refractivity contribution in [1.29, 1.82) is 0 Å². The van der Waals surface area contributed by atoms with Gasteiger partial charge in [-0.05, 0) is 56.0 Å². The average Bonchev–Trinajstić information content (AvgIpc) is 3.17. The van der Waals surface area contributed by atoms with Gasteiger partial charge in [0.25, 0.3) is 0 Å². The highest BCUT2D eigenvalue weighted by Gasteiger charge is 2.30. The number of rotatable bonds is 5. The molecule has 1 atom stereocenters. The summed E-state index contributed by atoms with van der Waals surface area (Å²) in [5, 5.41) is 0. The summed E-state index contributed by atoms with van der Waals surface area (Å²) < 4.78 is 43.2. The van der Waals surface area contributed by atoms with Crippen molar-refractivity contribution >= 4 is 5.91 Å². The number of carbonyl (C=O) groups is 1. The summed E-state index contributed by atoms with van der Waals surface area (Å²) in [4.78, 5) is 16.5. The van der Waals surface area contributed by atoms with Crippen LogP contribution in [0.15, 0.2) is 24.3 Å². The molecule has 1 aromatic rings. The minimum atomic E-state index is -4.29. The molecule has 150 valence electrons. The second-order valence-electron chi connectivity index (χ2n) is 7.69. The van der Waals surface area contributed by atoms with E-state index in [1.54, 1.807) is 12.1 Å². The van der Waals surface area contributed by atoms with Crippen LogP contribution in [0.5, 0.6) is 0 Å². The summed E-state index contributed by atoms with van der Waals surface area (Å²) >= 11 is 0. The van der Waals surface area contributed by atoms with Crippen LogP contribution < -0.4 is 0 Å². The Morgan fingerprint density at radius 2 is 1.85 bits per heavy atom. The number of ether oxygens (including phenoxy) is 1. The Balaban J connectivity index is 1.42. The summed E-state index contributed by atoms with van der Waals surface area (Å²) in [6.45, 7) is 4.45. The van der Waals surface area contributed by atoms with Gasteiger partial charge in [0.2, 0.25) is 5.91 Å². The molecule has 0 bridgehead atoms. The Hall–Kier alpha value is -1.60. The number of carbonyl (C=O) groups excluding carboxylic acids is 1. The molecule has 3 rings (SSSR count). The Bertz CT molecular complexity index is 619. The van der Waals surface area contributed by atoms with E-state index in [4.69, 9.17) is 4.74 Å². The van der Waals surface area contributed by atoms with Crippen molar-refractivity contribution in [3.05, 3.63) is 35.4 Å². The van der Waals surface area contributed by atoms with Gasteiger partial charge in [-0.25, -0.2) is 0 Å². The molecule has 1 unspecified atom stereocenters. The van der Waals surface area contributed by atoms with Gasteiger partial charge in [-0.1, -0.05) is 12.1 Å². The zero-order valence-electron chi connectivity index (χ0n) is 15.7. The number of amides is 1. The van der Waals surface area contributed by atoms with E-state index in [1.165, 1.54) is 0 Å². The van der Waals surface area contributed by atoms with Crippen LogP contribution in [0, 0.1) is 11.8 Å². The molecule has 1 amide bonds. The largest absolute Gasteiger partial charge is 0.416 e. The average molecular weight is 384 g/mol. The third-order valence-electron chi connectivity index (χ3n) is 5.58. The van der Waals surface area contributed by atoms with Crippen LogP contribution in [0.2, 0.25) is 0 Å². The number of halogens is 3. The molecular formula is C20H27F3N2O2. The van der Waals surface area contributed by atoms with Gasteiger partial charge in [0.1, 0.15) is 0 Å². The van der Waals surface area contributed by atoms with Crippen LogP contribution in [0.1, 0.15) is 30.4 Å². The van der Waals surface area contributed by atoms with Crippen molar-refractivity contribution in [2.45, 2.75) is 32.0 Å². The summed E-state index contributed by atoms with van der Waals surface area (Å²) in [5.74, 6) is 0.666. The number of alkyl halides is 3. The van der Waals surface area contributed by atoms with Crippen LogP contribution in [0.4, 0.5) is 13.2 Å². The van der Waals surface area contributed by atoms with Crippen molar-refractivity contribution in [3.8, 4) is 0 Å². The van der Waals surface area contributed by atoms with Gasteiger partial charge in [0.15, 0.2) is 0 Å². The fourth-order valence-corrected chi connectivity index (χ4v) is 3.90. The van der Waals surface area contributed by atoms with E-state index in [0.717, 1.165) is 56.6 Å². The Morgan fingerprint density at radius 3 is 2.41 bits per heavy atom. The predicted octanol–water partition coefficient (Wildman–Crippen LogP) is 3.41. The highest BCUT2D eigenvalue weighted by molar-refractivity contribution is 5.78. The van der Waals surface area contributed by atoms with E-state index in [-0.39, 0.29) is 11.8 Å². The number of hydrogen-bond donors (Lipinski definition) is 0. The van der Waals surface area contributed by atoms with Crippen molar-refractivity contribution in [1.82, 2.24) is 9.80 Å². The fourth-order valence-electron chi connectivity index (χ4n) is 3.90. The van der Waals surface area contributed by atoms with Gasteiger partial charge in [-0.2, -0.15) is 13.2 Å². The highest BCUT2D eigenvalue weighted by atomic mass is 19.4. The molecule has 0 saturated carbocycles. The first-order valence-electron chi connectivity index (χ1n) is 9.54. The van der Waals surface area contributed by atoms with E-state index >= 15 is 0 Å². The molecule has 2 aliphatic rings. The van der Waals surface area contributed by atoms with Crippen molar-refractivity contribution < 1.29 is 22.7 Å². The molecular weight excluding hydrogens is 357 g/mol. The van der Waals surface area contributed by atoms with E-state index < -0.39 is 11.7 Å². The molecule has 4 nitrogen and oxygen atoms in total. The molecule has 0 radical (unpaired) electrons. The summed E-state index contributed by atoms with van der Waals surface area (Å²) in [5.41, 5.74) is 0.292. The molecule has 2 aliphatic heterocycles. The first kappa shape index (κ1) is 20.1. The van der Waals surface area contributed by atoms with Crippen LogP contribution >= 0.6 is 0 Å². The van der Waals surface area contributed by atoms with Crippen LogP contribution in [-0.4, -0.2) is 55.6 Å². The molecule has 0 aliphatic carbocycles. The van der Waals surface area contributed by atoms with E-state index in [2.05, 4.69) is 4.90 Å². The topological polar surface area (TPSA) is 32.8 Å². The third kappa shape index (κ3) is 5.45. The number of hydrogen-bond acceptors (Lipinski definition) is 3. The van der Waals surface area contributed by atoms with Crippen molar-refractivity contribution in [3.63, 3.8) is 0 Å². The lowest BCUT2D eigenvalue weighted by molar-refractivity contribution is -0.137. The maximum atomic E-state index is 12.6. The number of likely N-dealkylation sites (tertiary alicyclic amines) is 1. The molecule has 0 spiro atoms. The summed E-state index contributed by atoms with van der Waals surface area (Å²) in [6.07, 6.45) is -1.47. The Kier molecular flexibility index (Phi) is 6.42. The molecule has 0 aromatic heterocycles. The van der Waals surface area contributed by atoms with Gasteiger partial charge in [-0.3, -0.25) is 9.69 Å². The lowest BCUT2D eigenvalue weighted by Crippen LogP contribution is -2.41. The maximum Gasteiger partial charge on any atom is 0.416 e. The number of piperidine rings is 1. The number of nitrogens with zero attached hydrogens (tertiary/aromatic N) is 2. The van der Waals surface area contributed by atoms with E-state index in [1.807, 2.05) is 11.9 Å². The van der Waals surface area contributed by atoms with Gasteiger partial charge in [-0.15, -0.1) is 0 Å². The van der Waals surface area contributed by atoms with Gasteiger partial charge in [0.05, 0.1) is 18.1 Å². The zero-order chi connectivity index (χ0) is 19.4. The van der Waals surface area contributed by atoms with E-state index in [0.29, 0.717) is 25.7 Å². The molecule has 2 heterocycles. The van der Waals surface area contributed by atoms with E-state index in [9.17, 15) is 18.0 Å². The standard InChI is InChI=1S/C20H27F3N2O2/c1-24(19(26)17-8-11-27-14-17)12-16-6-9-25(10-7-16)13-15-2-4-18(5-3-15)20(21,22)23/h2-5,16-17H,6-14H2,1H3. The second kappa shape index (κ2) is 8.61. The van der Waals surface area contributed by atoms with Gasteiger partial charge < -0.3 is 9.64 Å². The first-order chi connectivity index (χ1) is 12.8. The Labute approximate surface area is 158 Å². The van der Waals surface area contributed by atoms with Crippen LogP contribution in [0.25, 0.3) is 0 Å².